The summed E-state index contributed by atoms with van der Waals surface area (Å²) in [5.74, 6) is -4.34. The highest BCUT2D eigenvalue weighted by Crippen LogP contribution is 2.36. The van der Waals surface area contributed by atoms with E-state index in [2.05, 4.69) is 0 Å². The number of carbonyl (C=O) groups is 2. The standard InChI is InChI=1S/C19H31ClF2N2O7S2/c1-32-18-14(27)12(25)13(26)15(31-18)11(10(20)16(23)28)24-5-4-8(7-9(24)17(29)30)3-2-6-33-19(21)22/h8-15,18-19,25-27H,2-7H2,1H3,(H2,23,28)(H,29,30). The van der Waals surface area contributed by atoms with Gasteiger partial charge in [-0.05, 0) is 50.2 Å². The summed E-state index contributed by atoms with van der Waals surface area (Å²) < 4.78 is 30.4. The molecule has 9 nitrogen and oxygen atoms in total. The van der Waals surface area contributed by atoms with Crippen molar-refractivity contribution in [1.29, 1.82) is 0 Å². The summed E-state index contributed by atoms with van der Waals surface area (Å²) >= 11 is 7.92. The minimum atomic E-state index is -2.45. The molecule has 0 aromatic rings. The summed E-state index contributed by atoms with van der Waals surface area (Å²) in [6.07, 6.45) is -2.54. The van der Waals surface area contributed by atoms with Gasteiger partial charge in [0.15, 0.2) is 0 Å². The lowest BCUT2D eigenvalue weighted by Gasteiger charge is -2.50. The van der Waals surface area contributed by atoms with Crippen LogP contribution in [0.25, 0.3) is 0 Å². The summed E-state index contributed by atoms with van der Waals surface area (Å²) in [5, 5.41) is 39.5. The number of likely N-dealkylation sites (tertiary alicyclic amines) is 1. The molecule has 1 amide bonds. The molecule has 2 fully saturated rings. The molecule has 0 saturated carbocycles. The van der Waals surface area contributed by atoms with Crippen LogP contribution < -0.4 is 5.73 Å². The van der Waals surface area contributed by atoms with E-state index in [4.69, 9.17) is 22.1 Å². The summed E-state index contributed by atoms with van der Waals surface area (Å²) in [6.45, 7) is 0.181. The number of aliphatic carboxylic acids is 1. The number of thioether (sulfide) groups is 2. The van der Waals surface area contributed by atoms with Gasteiger partial charge >= 0.3 is 5.97 Å². The van der Waals surface area contributed by atoms with Crippen molar-refractivity contribution in [1.82, 2.24) is 4.90 Å². The van der Waals surface area contributed by atoms with E-state index in [0.717, 1.165) is 11.8 Å². The summed E-state index contributed by atoms with van der Waals surface area (Å²) in [4.78, 5) is 25.6. The first kappa shape index (κ1) is 28.8. The van der Waals surface area contributed by atoms with Crippen LogP contribution in [0.1, 0.15) is 25.7 Å². The molecule has 192 valence electrons. The molecule has 0 aromatic carbocycles. The number of nitrogens with two attached hydrogens (primary N) is 1. The fraction of sp³-hybridized carbons (Fsp3) is 0.895. The lowest BCUT2D eigenvalue weighted by molar-refractivity contribution is -0.217. The van der Waals surface area contributed by atoms with Crippen molar-refractivity contribution in [2.75, 3.05) is 18.6 Å². The Morgan fingerprint density at radius 1 is 1.24 bits per heavy atom. The molecule has 0 spiro atoms. The third-order valence-electron chi connectivity index (χ3n) is 6.17. The van der Waals surface area contributed by atoms with Crippen LogP contribution in [0.4, 0.5) is 8.78 Å². The van der Waals surface area contributed by atoms with Crippen molar-refractivity contribution in [3.8, 4) is 0 Å². The molecule has 6 N–H and O–H groups in total. The Morgan fingerprint density at radius 2 is 1.91 bits per heavy atom. The van der Waals surface area contributed by atoms with Crippen LogP contribution in [0.15, 0.2) is 0 Å². The second kappa shape index (κ2) is 13.1. The molecule has 0 radical (unpaired) electrons. The number of nitrogens with zero attached hydrogens (tertiary/aromatic N) is 1. The zero-order chi connectivity index (χ0) is 24.9. The number of halogens is 3. The molecule has 0 bridgehead atoms. The fourth-order valence-electron chi connectivity index (χ4n) is 4.50. The minimum absolute atomic E-state index is 0.0350. The van der Waals surface area contributed by atoms with E-state index >= 15 is 0 Å². The molecule has 14 heteroatoms. The van der Waals surface area contributed by atoms with Crippen molar-refractivity contribution < 1.29 is 43.5 Å². The van der Waals surface area contributed by atoms with Gasteiger partial charge in [0.2, 0.25) is 5.91 Å². The number of carboxylic acids is 1. The molecule has 2 saturated heterocycles. The fourth-order valence-corrected chi connectivity index (χ4v) is 5.98. The average Bonchev–Trinajstić information content (AvgIpc) is 2.76. The Labute approximate surface area is 204 Å². The van der Waals surface area contributed by atoms with Crippen LogP contribution in [0.2, 0.25) is 0 Å². The van der Waals surface area contributed by atoms with Crippen LogP contribution in [0, 0.1) is 5.92 Å². The first-order valence-corrected chi connectivity index (χ1v) is 13.3. The van der Waals surface area contributed by atoms with Crippen molar-refractivity contribution in [2.24, 2.45) is 11.7 Å². The normalized spacial score (nSPS) is 35.3. The van der Waals surface area contributed by atoms with E-state index in [9.17, 15) is 38.8 Å². The van der Waals surface area contributed by atoms with E-state index in [-0.39, 0.29) is 24.6 Å². The maximum atomic E-state index is 12.3. The van der Waals surface area contributed by atoms with E-state index in [1.165, 1.54) is 4.90 Å². The van der Waals surface area contributed by atoms with Gasteiger partial charge < -0.3 is 30.9 Å². The second-order valence-corrected chi connectivity index (χ2v) is 10.7. The number of amides is 1. The topological polar surface area (TPSA) is 154 Å². The summed E-state index contributed by atoms with van der Waals surface area (Å²) in [6, 6.07) is -2.28. The number of ether oxygens (including phenoxy) is 1. The summed E-state index contributed by atoms with van der Waals surface area (Å²) in [7, 11) is 0. The van der Waals surface area contributed by atoms with Crippen molar-refractivity contribution in [2.45, 2.75) is 78.8 Å². The predicted octanol–water partition coefficient (Wildman–Crippen LogP) is 0.520. The zero-order valence-electron chi connectivity index (χ0n) is 18.0. The van der Waals surface area contributed by atoms with Gasteiger partial charge in [0, 0.05) is 0 Å². The van der Waals surface area contributed by atoms with Crippen LogP contribution >= 0.6 is 35.1 Å². The third kappa shape index (κ3) is 7.29. The number of piperidine rings is 1. The average molecular weight is 537 g/mol. The quantitative estimate of drug-likeness (QED) is 0.186. The van der Waals surface area contributed by atoms with E-state index in [0.29, 0.717) is 31.0 Å². The number of primary amides is 1. The van der Waals surface area contributed by atoms with E-state index in [1.54, 1.807) is 6.26 Å². The van der Waals surface area contributed by atoms with Crippen molar-refractivity contribution in [3.05, 3.63) is 0 Å². The number of aliphatic hydroxyl groups is 3. The first-order chi connectivity index (χ1) is 15.5. The Hall–Kier alpha value is -0.410. The lowest BCUT2D eigenvalue weighted by Crippen LogP contribution is -2.68. The SMILES string of the molecule is CSC1OC(C(C(Cl)C(N)=O)N2CCC(CCCSC(F)F)CC2C(=O)O)C(O)C(O)C1O. The van der Waals surface area contributed by atoms with Gasteiger partial charge in [-0.2, -0.15) is 8.78 Å². The molecular weight excluding hydrogens is 506 g/mol. The van der Waals surface area contributed by atoms with Crippen molar-refractivity contribution in [3.63, 3.8) is 0 Å². The molecule has 9 atom stereocenters. The molecule has 2 aliphatic rings. The van der Waals surface area contributed by atoms with E-state index in [1.807, 2.05) is 0 Å². The van der Waals surface area contributed by atoms with Gasteiger partial charge in [0.05, 0.1) is 6.04 Å². The highest BCUT2D eigenvalue weighted by atomic mass is 35.5. The number of carboxylic acid groups (broad SMARTS) is 1. The van der Waals surface area contributed by atoms with Gasteiger partial charge in [-0.1, -0.05) is 11.8 Å². The Bertz CT molecular complexity index is 670. The highest BCUT2D eigenvalue weighted by molar-refractivity contribution is 7.99. The first-order valence-electron chi connectivity index (χ1n) is 10.5. The molecule has 0 aliphatic carbocycles. The minimum Gasteiger partial charge on any atom is -0.480 e. The highest BCUT2D eigenvalue weighted by Gasteiger charge is 2.52. The van der Waals surface area contributed by atoms with Gasteiger partial charge in [-0.15, -0.1) is 23.4 Å². The van der Waals surface area contributed by atoms with Gasteiger partial charge in [0.25, 0.3) is 5.76 Å². The van der Waals surface area contributed by atoms with Crippen LogP contribution in [-0.2, 0) is 14.3 Å². The largest absolute Gasteiger partial charge is 0.480 e. The monoisotopic (exact) mass is 536 g/mol. The smallest absolute Gasteiger partial charge is 0.320 e. The molecule has 2 aliphatic heterocycles. The Balaban J connectivity index is 2.24. The third-order valence-corrected chi connectivity index (χ3v) is 8.27. The maximum Gasteiger partial charge on any atom is 0.320 e. The zero-order valence-corrected chi connectivity index (χ0v) is 20.4. The van der Waals surface area contributed by atoms with Gasteiger partial charge in [0.1, 0.15) is 41.3 Å². The molecule has 9 unspecified atom stereocenters. The van der Waals surface area contributed by atoms with Crippen LogP contribution in [0.3, 0.4) is 0 Å². The number of hydrogen-bond donors (Lipinski definition) is 5. The van der Waals surface area contributed by atoms with Gasteiger partial charge in [-0.3, -0.25) is 14.5 Å². The molecule has 2 heterocycles. The maximum absolute atomic E-state index is 12.3. The van der Waals surface area contributed by atoms with Crippen LogP contribution in [-0.4, -0.2) is 109 Å². The number of carbonyl (C=O) groups excluding carboxylic acids is 1. The number of alkyl halides is 3. The van der Waals surface area contributed by atoms with E-state index < -0.39 is 64.9 Å². The van der Waals surface area contributed by atoms with Crippen LogP contribution in [0.5, 0.6) is 0 Å². The second-order valence-electron chi connectivity index (χ2n) is 8.23. The number of hydrogen-bond acceptors (Lipinski definition) is 9. The molecule has 33 heavy (non-hydrogen) atoms. The number of rotatable bonds is 11. The lowest BCUT2D eigenvalue weighted by atomic mass is 9.84. The Morgan fingerprint density at radius 3 is 2.45 bits per heavy atom. The van der Waals surface area contributed by atoms with Gasteiger partial charge in [-0.25, -0.2) is 0 Å². The predicted molar refractivity (Wildman–Crippen MR) is 121 cm³/mol. The number of aliphatic hydroxyl groups excluding tert-OH is 3. The molecule has 2 rings (SSSR count). The molecular formula is C19H31ClF2N2O7S2. The molecule has 0 aromatic heterocycles. The summed E-state index contributed by atoms with van der Waals surface area (Å²) in [5.41, 5.74) is 4.47. The van der Waals surface area contributed by atoms with Crippen molar-refractivity contribution >= 4 is 47.0 Å². The Kier molecular flexibility index (Phi) is 11.4.